The molecule has 3 rings (SSSR count). The van der Waals surface area contributed by atoms with Gasteiger partial charge in [0.15, 0.2) is 5.15 Å². The monoisotopic (exact) mass is 407 g/mol. The van der Waals surface area contributed by atoms with E-state index in [0.717, 1.165) is 31.6 Å². The maximum absolute atomic E-state index is 12.8. The Balaban J connectivity index is 1.90. The van der Waals surface area contributed by atoms with Crippen LogP contribution in [-0.4, -0.2) is 46.9 Å². The normalized spacial score (nSPS) is 15.6. The zero-order chi connectivity index (χ0) is 20.5. The number of nitrogens with one attached hydrogen (secondary N) is 1. The molecule has 0 radical (unpaired) electrons. The topological polar surface area (TPSA) is 82.5 Å². The van der Waals surface area contributed by atoms with Gasteiger partial charge in [0, 0.05) is 37.5 Å². The summed E-state index contributed by atoms with van der Waals surface area (Å²) in [6, 6.07) is 0. The molecule has 2 aromatic rings. The first-order valence-corrected chi connectivity index (χ1v) is 9.80. The fourth-order valence-corrected chi connectivity index (χ4v) is 3.56. The Hall–Kier alpha value is -2.12. The number of fused-ring (bicyclic) bond motifs is 1. The first-order valence-electron chi connectivity index (χ1n) is 9.43. The minimum absolute atomic E-state index is 0.148. The van der Waals surface area contributed by atoms with E-state index in [0.29, 0.717) is 28.9 Å². The van der Waals surface area contributed by atoms with E-state index in [-0.39, 0.29) is 11.1 Å². The minimum atomic E-state index is -0.653. The first-order chi connectivity index (χ1) is 13.2. The lowest BCUT2D eigenvalue weighted by Crippen LogP contribution is -2.32. The summed E-state index contributed by atoms with van der Waals surface area (Å²) >= 11 is 6.28. The van der Waals surface area contributed by atoms with Gasteiger partial charge < -0.3 is 14.8 Å². The molecule has 0 saturated carbocycles. The molecule has 0 bridgehead atoms. The number of pyridine rings is 1. The standard InChI is InChI=1S/C20H26ClN3O4/c1-12-11-24(19(26)28-20(2,3)4)16-15(12)14(10-22-17(16)21)18(25)23-9-13-5-7-27-8-6-13/h10-11,13H,5-9H2,1-4H3,(H,23,25). The highest BCUT2D eigenvalue weighted by Crippen LogP contribution is 2.30. The maximum Gasteiger partial charge on any atom is 0.419 e. The van der Waals surface area contributed by atoms with Crippen LogP contribution in [0.4, 0.5) is 4.79 Å². The van der Waals surface area contributed by atoms with E-state index in [9.17, 15) is 9.59 Å². The molecule has 1 aliphatic heterocycles. The third-order valence-corrected chi connectivity index (χ3v) is 4.97. The van der Waals surface area contributed by atoms with E-state index in [2.05, 4.69) is 10.3 Å². The average Bonchev–Trinajstić information content (AvgIpc) is 2.98. The molecule has 3 heterocycles. The number of hydrogen-bond acceptors (Lipinski definition) is 5. The van der Waals surface area contributed by atoms with Crippen molar-refractivity contribution in [3.05, 3.63) is 28.7 Å². The molecule has 1 amide bonds. The molecule has 0 spiro atoms. The zero-order valence-corrected chi connectivity index (χ0v) is 17.4. The van der Waals surface area contributed by atoms with Gasteiger partial charge in [0.2, 0.25) is 0 Å². The second-order valence-electron chi connectivity index (χ2n) is 8.11. The summed E-state index contributed by atoms with van der Waals surface area (Å²) in [5.74, 6) is 0.173. The number of hydrogen-bond donors (Lipinski definition) is 1. The predicted molar refractivity (Wildman–Crippen MR) is 107 cm³/mol. The Bertz CT molecular complexity index is 895. The third-order valence-electron chi connectivity index (χ3n) is 4.69. The van der Waals surface area contributed by atoms with Crippen molar-refractivity contribution in [3.8, 4) is 0 Å². The highest BCUT2D eigenvalue weighted by Gasteiger charge is 2.25. The number of carbonyl (C=O) groups is 2. The number of aryl methyl sites for hydroxylation is 1. The number of halogens is 1. The van der Waals surface area contributed by atoms with Crippen molar-refractivity contribution in [1.29, 1.82) is 0 Å². The molecular weight excluding hydrogens is 382 g/mol. The molecule has 2 aromatic heterocycles. The van der Waals surface area contributed by atoms with Gasteiger partial charge in [0.25, 0.3) is 5.91 Å². The van der Waals surface area contributed by atoms with Gasteiger partial charge in [-0.2, -0.15) is 0 Å². The van der Waals surface area contributed by atoms with Gasteiger partial charge in [0.05, 0.1) is 11.1 Å². The maximum atomic E-state index is 12.8. The SMILES string of the molecule is Cc1cn(C(=O)OC(C)(C)C)c2c(Cl)ncc(C(=O)NCC3CCOCC3)c12. The molecule has 8 heteroatoms. The average molecular weight is 408 g/mol. The molecule has 0 unspecified atom stereocenters. The summed E-state index contributed by atoms with van der Waals surface area (Å²) in [5.41, 5.74) is 0.875. The molecule has 1 aliphatic rings. The van der Waals surface area contributed by atoms with Crippen LogP contribution in [0.15, 0.2) is 12.4 Å². The van der Waals surface area contributed by atoms with Crippen LogP contribution < -0.4 is 5.32 Å². The largest absolute Gasteiger partial charge is 0.443 e. The van der Waals surface area contributed by atoms with E-state index in [1.54, 1.807) is 27.0 Å². The highest BCUT2D eigenvalue weighted by atomic mass is 35.5. The number of ether oxygens (including phenoxy) is 2. The van der Waals surface area contributed by atoms with Crippen LogP contribution in [0.2, 0.25) is 5.15 Å². The molecule has 0 atom stereocenters. The second kappa shape index (κ2) is 8.09. The van der Waals surface area contributed by atoms with Crippen molar-refractivity contribution in [2.45, 2.75) is 46.1 Å². The Kier molecular flexibility index (Phi) is 5.95. The number of rotatable bonds is 3. The summed E-state index contributed by atoms with van der Waals surface area (Å²) in [7, 11) is 0. The van der Waals surface area contributed by atoms with E-state index >= 15 is 0 Å². The van der Waals surface area contributed by atoms with Crippen molar-refractivity contribution in [2.24, 2.45) is 5.92 Å². The molecule has 1 saturated heterocycles. The fraction of sp³-hybridized carbons (Fsp3) is 0.550. The van der Waals surface area contributed by atoms with Crippen LogP contribution in [0.25, 0.3) is 10.9 Å². The number of carbonyl (C=O) groups excluding carboxylic acids is 2. The van der Waals surface area contributed by atoms with Crippen LogP contribution in [-0.2, 0) is 9.47 Å². The first kappa shape index (κ1) is 20.6. The molecule has 1 N–H and O–H groups in total. The number of amides is 1. The van der Waals surface area contributed by atoms with Gasteiger partial charge in [-0.05, 0) is 52.0 Å². The van der Waals surface area contributed by atoms with Gasteiger partial charge in [-0.25, -0.2) is 14.3 Å². The van der Waals surface area contributed by atoms with Crippen molar-refractivity contribution in [3.63, 3.8) is 0 Å². The molecular formula is C20H26ClN3O4. The lowest BCUT2D eigenvalue weighted by atomic mass is 10.0. The second-order valence-corrected chi connectivity index (χ2v) is 8.47. The smallest absolute Gasteiger partial charge is 0.419 e. The summed E-state index contributed by atoms with van der Waals surface area (Å²) in [6.45, 7) is 9.23. The Morgan fingerprint density at radius 1 is 1.36 bits per heavy atom. The van der Waals surface area contributed by atoms with Gasteiger partial charge in [-0.1, -0.05) is 11.6 Å². The molecule has 7 nitrogen and oxygen atoms in total. The molecule has 0 aromatic carbocycles. The Morgan fingerprint density at radius 2 is 2.04 bits per heavy atom. The van der Waals surface area contributed by atoms with Gasteiger partial charge in [0.1, 0.15) is 5.60 Å². The van der Waals surface area contributed by atoms with E-state index in [1.807, 2.05) is 6.92 Å². The summed E-state index contributed by atoms with van der Waals surface area (Å²) in [6.07, 6.45) is 4.39. The predicted octanol–water partition coefficient (Wildman–Crippen LogP) is 3.94. The van der Waals surface area contributed by atoms with E-state index in [4.69, 9.17) is 21.1 Å². The number of nitrogens with zero attached hydrogens (tertiary/aromatic N) is 2. The summed E-state index contributed by atoms with van der Waals surface area (Å²) < 4.78 is 12.1. The van der Waals surface area contributed by atoms with E-state index < -0.39 is 11.7 Å². The molecule has 0 aliphatic carbocycles. The van der Waals surface area contributed by atoms with Crippen LogP contribution in [0.1, 0.15) is 49.5 Å². The van der Waals surface area contributed by atoms with Crippen LogP contribution in [0, 0.1) is 12.8 Å². The van der Waals surface area contributed by atoms with E-state index in [1.165, 1.54) is 10.8 Å². The van der Waals surface area contributed by atoms with Gasteiger partial charge >= 0.3 is 6.09 Å². The fourth-order valence-electron chi connectivity index (χ4n) is 3.33. The van der Waals surface area contributed by atoms with Crippen LogP contribution in [0.3, 0.4) is 0 Å². The van der Waals surface area contributed by atoms with Crippen LogP contribution in [0.5, 0.6) is 0 Å². The minimum Gasteiger partial charge on any atom is -0.443 e. The lowest BCUT2D eigenvalue weighted by molar-refractivity contribution is 0.0544. The molecule has 28 heavy (non-hydrogen) atoms. The Morgan fingerprint density at radius 3 is 2.68 bits per heavy atom. The van der Waals surface area contributed by atoms with Crippen molar-refractivity contribution >= 4 is 34.5 Å². The molecule has 1 fully saturated rings. The van der Waals surface area contributed by atoms with Gasteiger partial charge in [-0.15, -0.1) is 0 Å². The van der Waals surface area contributed by atoms with Gasteiger partial charge in [-0.3, -0.25) is 4.79 Å². The van der Waals surface area contributed by atoms with Crippen molar-refractivity contribution in [2.75, 3.05) is 19.8 Å². The summed E-state index contributed by atoms with van der Waals surface area (Å²) in [4.78, 5) is 29.5. The quantitative estimate of drug-likeness (QED) is 0.779. The number of aromatic nitrogens is 2. The van der Waals surface area contributed by atoms with Crippen molar-refractivity contribution < 1.29 is 19.1 Å². The Labute approximate surface area is 169 Å². The van der Waals surface area contributed by atoms with Crippen LogP contribution >= 0.6 is 11.6 Å². The zero-order valence-electron chi connectivity index (χ0n) is 16.7. The molecule has 152 valence electrons. The lowest BCUT2D eigenvalue weighted by Gasteiger charge is -2.22. The third kappa shape index (κ3) is 4.47. The summed E-state index contributed by atoms with van der Waals surface area (Å²) in [5, 5.41) is 3.74. The highest BCUT2D eigenvalue weighted by molar-refractivity contribution is 6.35. The van der Waals surface area contributed by atoms with Crippen molar-refractivity contribution in [1.82, 2.24) is 14.9 Å².